The van der Waals surface area contributed by atoms with Crippen molar-refractivity contribution in [2.75, 3.05) is 12.3 Å². The second-order valence-electron chi connectivity index (χ2n) is 4.17. The fourth-order valence-corrected chi connectivity index (χ4v) is 2.06. The molecule has 20 heavy (non-hydrogen) atoms. The fraction of sp³-hybridized carbons (Fsp3) is 0.286. The molecule has 0 aliphatic carbocycles. The number of esters is 1. The molecule has 0 amide bonds. The number of carbonyl (C=O) groups is 1. The summed E-state index contributed by atoms with van der Waals surface area (Å²) in [5.74, 6) is 0.972. The zero-order valence-electron chi connectivity index (χ0n) is 11.0. The standard InChI is InChI=1S/C14H14N2O4/c1-3-8-19-13(17)10(4-2)16-12-9(15)6-5-7-11(12)20-14(16)18/h1,5-7,10H,4,8,15H2,2H3. The van der Waals surface area contributed by atoms with Crippen molar-refractivity contribution in [1.82, 2.24) is 4.57 Å². The quantitative estimate of drug-likeness (QED) is 0.516. The highest BCUT2D eigenvalue weighted by atomic mass is 16.5. The second-order valence-corrected chi connectivity index (χ2v) is 4.17. The fourth-order valence-electron chi connectivity index (χ4n) is 2.06. The number of terminal acetylenes is 1. The zero-order chi connectivity index (χ0) is 14.7. The average molecular weight is 274 g/mol. The first-order valence-electron chi connectivity index (χ1n) is 6.09. The van der Waals surface area contributed by atoms with Crippen LogP contribution in [0.2, 0.25) is 0 Å². The number of hydrogen-bond acceptors (Lipinski definition) is 5. The molecule has 6 heteroatoms. The van der Waals surface area contributed by atoms with E-state index in [-0.39, 0.29) is 6.61 Å². The second kappa shape index (κ2) is 5.53. The molecule has 1 heterocycles. The third-order valence-corrected chi connectivity index (χ3v) is 2.93. The van der Waals surface area contributed by atoms with Gasteiger partial charge in [0.25, 0.3) is 0 Å². The minimum absolute atomic E-state index is 0.144. The highest BCUT2D eigenvalue weighted by Gasteiger charge is 2.26. The lowest BCUT2D eigenvalue weighted by Gasteiger charge is -2.14. The number of nitrogens with two attached hydrogens (primary N) is 1. The summed E-state index contributed by atoms with van der Waals surface area (Å²) in [4.78, 5) is 23.9. The molecule has 2 rings (SSSR count). The monoisotopic (exact) mass is 274 g/mol. The van der Waals surface area contributed by atoms with Gasteiger partial charge in [-0.05, 0) is 18.6 Å². The molecule has 104 valence electrons. The summed E-state index contributed by atoms with van der Waals surface area (Å²) >= 11 is 0. The summed E-state index contributed by atoms with van der Waals surface area (Å²) in [6.07, 6.45) is 5.40. The number of benzene rings is 1. The molecule has 1 unspecified atom stereocenters. The minimum atomic E-state index is -0.818. The highest BCUT2D eigenvalue weighted by Crippen LogP contribution is 2.24. The van der Waals surface area contributed by atoms with Crippen LogP contribution in [0.25, 0.3) is 11.1 Å². The van der Waals surface area contributed by atoms with Crippen molar-refractivity contribution in [2.24, 2.45) is 0 Å². The molecule has 0 fully saturated rings. The van der Waals surface area contributed by atoms with Gasteiger partial charge in [0.1, 0.15) is 11.6 Å². The molecular formula is C14H14N2O4. The van der Waals surface area contributed by atoms with Crippen LogP contribution in [-0.4, -0.2) is 17.1 Å². The van der Waals surface area contributed by atoms with Gasteiger partial charge < -0.3 is 14.9 Å². The van der Waals surface area contributed by atoms with E-state index in [0.29, 0.717) is 23.2 Å². The molecule has 1 aromatic carbocycles. The molecule has 1 aromatic heterocycles. The summed E-state index contributed by atoms with van der Waals surface area (Å²) in [6, 6.07) is 4.10. The molecule has 0 saturated heterocycles. The maximum atomic E-state index is 12.0. The average Bonchev–Trinajstić information content (AvgIpc) is 2.75. The Morgan fingerprint density at radius 2 is 2.35 bits per heavy atom. The van der Waals surface area contributed by atoms with Crippen molar-refractivity contribution in [3.63, 3.8) is 0 Å². The maximum absolute atomic E-state index is 12.0. The van der Waals surface area contributed by atoms with Crippen LogP contribution in [0.4, 0.5) is 5.69 Å². The van der Waals surface area contributed by atoms with Crippen LogP contribution in [0.3, 0.4) is 0 Å². The van der Waals surface area contributed by atoms with Crippen LogP contribution in [0, 0.1) is 12.3 Å². The van der Waals surface area contributed by atoms with Crippen LogP contribution in [0.15, 0.2) is 27.4 Å². The van der Waals surface area contributed by atoms with Crippen LogP contribution in [0.5, 0.6) is 0 Å². The number of fused-ring (bicyclic) bond motifs is 1. The maximum Gasteiger partial charge on any atom is 0.420 e. The number of aromatic nitrogens is 1. The van der Waals surface area contributed by atoms with Crippen LogP contribution in [-0.2, 0) is 9.53 Å². The van der Waals surface area contributed by atoms with E-state index in [0.717, 1.165) is 0 Å². The summed E-state index contributed by atoms with van der Waals surface area (Å²) in [5.41, 5.74) is 6.94. The molecule has 2 aromatic rings. The number of ether oxygens (including phenoxy) is 1. The molecule has 0 aliphatic rings. The number of hydrogen-bond donors (Lipinski definition) is 1. The van der Waals surface area contributed by atoms with Crippen molar-refractivity contribution in [3.05, 3.63) is 28.7 Å². The van der Waals surface area contributed by atoms with E-state index in [4.69, 9.17) is 21.3 Å². The Kier molecular flexibility index (Phi) is 3.80. The van der Waals surface area contributed by atoms with Gasteiger partial charge in [-0.2, -0.15) is 0 Å². The Labute approximate surface area is 115 Å². The summed E-state index contributed by atoms with van der Waals surface area (Å²) in [5, 5.41) is 0. The molecular weight excluding hydrogens is 260 g/mol. The van der Waals surface area contributed by atoms with Gasteiger partial charge in [-0.25, -0.2) is 9.59 Å². The van der Waals surface area contributed by atoms with Crippen LogP contribution in [0.1, 0.15) is 19.4 Å². The van der Waals surface area contributed by atoms with E-state index in [1.54, 1.807) is 25.1 Å². The first-order valence-corrected chi connectivity index (χ1v) is 6.09. The first kappa shape index (κ1) is 13.7. The van der Waals surface area contributed by atoms with E-state index in [1.165, 1.54) is 4.57 Å². The Bertz CT molecular complexity index is 736. The molecule has 2 N–H and O–H groups in total. The SMILES string of the molecule is C#CCOC(=O)C(CC)n1c(=O)oc2cccc(N)c21. The van der Waals surface area contributed by atoms with Crippen molar-refractivity contribution >= 4 is 22.8 Å². The number of oxazole rings is 1. The molecule has 0 saturated carbocycles. The number of nitrogens with zero attached hydrogens (tertiary/aromatic N) is 1. The topological polar surface area (TPSA) is 87.5 Å². The Morgan fingerprint density at radius 1 is 1.60 bits per heavy atom. The zero-order valence-corrected chi connectivity index (χ0v) is 11.0. The largest absolute Gasteiger partial charge is 0.451 e. The lowest BCUT2D eigenvalue weighted by molar-refractivity contribution is -0.146. The van der Waals surface area contributed by atoms with Gasteiger partial charge in [0.15, 0.2) is 12.2 Å². The van der Waals surface area contributed by atoms with Gasteiger partial charge in [0.05, 0.1) is 5.69 Å². The van der Waals surface area contributed by atoms with Gasteiger partial charge in [0, 0.05) is 0 Å². The minimum Gasteiger partial charge on any atom is -0.451 e. The van der Waals surface area contributed by atoms with Gasteiger partial charge in [-0.15, -0.1) is 6.42 Å². The van der Waals surface area contributed by atoms with E-state index < -0.39 is 17.8 Å². The number of rotatable bonds is 4. The smallest absolute Gasteiger partial charge is 0.420 e. The summed E-state index contributed by atoms with van der Waals surface area (Å²) in [7, 11) is 0. The van der Waals surface area contributed by atoms with Crippen LogP contribution >= 0.6 is 0 Å². The van der Waals surface area contributed by atoms with Crippen LogP contribution < -0.4 is 11.5 Å². The normalized spacial score (nSPS) is 12.0. The molecule has 1 atom stereocenters. The van der Waals surface area contributed by atoms with E-state index in [2.05, 4.69) is 5.92 Å². The van der Waals surface area contributed by atoms with E-state index >= 15 is 0 Å². The third-order valence-electron chi connectivity index (χ3n) is 2.93. The highest BCUT2D eigenvalue weighted by molar-refractivity contribution is 5.87. The van der Waals surface area contributed by atoms with E-state index in [1.807, 2.05) is 0 Å². The Morgan fingerprint density at radius 3 is 3.00 bits per heavy atom. The summed E-state index contributed by atoms with van der Waals surface area (Å²) < 4.78 is 11.2. The van der Waals surface area contributed by atoms with Crippen molar-refractivity contribution in [1.29, 1.82) is 0 Å². The molecule has 6 nitrogen and oxygen atoms in total. The molecule has 0 radical (unpaired) electrons. The lowest BCUT2D eigenvalue weighted by Crippen LogP contribution is -2.28. The predicted octanol–water partition coefficient (Wildman–Crippen LogP) is 1.30. The third kappa shape index (κ3) is 2.26. The number of nitrogen functional groups attached to an aromatic ring is 1. The first-order chi connectivity index (χ1) is 9.60. The Hall–Kier alpha value is -2.68. The predicted molar refractivity (Wildman–Crippen MR) is 74.0 cm³/mol. The van der Waals surface area contributed by atoms with Gasteiger partial charge in [0.2, 0.25) is 0 Å². The number of carbonyl (C=O) groups excluding carboxylic acids is 1. The molecule has 0 bridgehead atoms. The van der Waals surface area contributed by atoms with Gasteiger partial charge in [-0.1, -0.05) is 18.9 Å². The van der Waals surface area contributed by atoms with Crippen molar-refractivity contribution in [2.45, 2.75) is 19.4 Å². The number of para-hydroxylation sites is 1. The van der Waals surface area contributed by atoms with Gasteiger partial charge in [-0.3, -0.25) is 4.57 Å². The molecule has 0 aliphatic heterocycles. The summed E-state index contributed by atoms with van der Waals surface area (Å²) in [6.45, 7) is 1.61. The van der Waals surface area contributed by atoms with Gasteiger partial charge >= 0.3 is 11.7 Å². The van der Waals surface area contributed by atoms with E-state index in [9.17, 15) is 9.59 Å². The molecule has 0 spiro atoms. The van der Waals surface area contributed by atoms with Crippen molar-refractivity contribution < 1.29 is 13.9 Å². The lowest BCUT2D eigenvalue weighted by atomic mass is 10.2. The van der Waals surface area contributed by atoms with Crippen molar-refractivity contribution in [3.8, 4) is 12.3 Å². The Balaban J connectivity index is 2.55. The number of anilines is 1.